The highest BCUT2D eigenvalue weighted by Crippen LogP contribution is 2.29. The van der Waals surface area contributed by atoms with E-state index in [0.717, 1.165) is 0 Å². The number of carboxylic acids is 1. The lowest BCUT2D eigenvalue weighted by Gasteiger charge is -2.34. The molecule has 1 aliphatic heterocycles. The van der Waals surface area contributed by atoms with Crippen molar-refractivity contribution in [2.24, 2.45) is 0 Å². The lowest BCUT2D eigenvalue weighted by Crippen LogP contribution is -2.45. The van der Waals surface area contributed by atoms with Crippen molar-refractivity contribution in [1.29, 1.82) is 0 Å². The van der Waals surface area contributed by atoms with Gasteiger partial charge in [-0.05, 0) is 13.1 Å². The van der Waals surface area contributed by atoms with E-state index in [9.17, 15) is 22.8 Å². The van der Waals surface area contributed by atoms with Gasteiger partial charge in [-0.25, -0.2) is 13.2 Å². The van der Waals surface area contributed by atoms with E-state index in [-0.39, 0.29) is 0 Å². The Hall–Kier alpha value is -2.09. The number of benzene rings is 1. The molecule has 0 aromatic heterocycles. The molecular formula is C14H15F3N2O3. The molecule has 0 spiro atoms. The molecule has 0 atom stereocenters. The third-order valence-electron chi connectivity index (χ3n) is 3.57. The van der Waals surface area contributed by atoms with Gasteiger partial charge in [-0.15, -0.1) is 0 Å². The Morgan fingerprint density at radius 1 is 1.14 bits per heavy atom. The normalized spacial score (nSPS) is 15.9. The molecule has 2 rings (SSSR count). The summed E-state index contributed by atoms with van der Waals surface area (Å²) in [4.78, 5) is 25.3. The van der Waals surface area contributed by atoms with Crippen LogP contribution in [0.1, 0.15) is 16.8 Å². The molecule has 1 aromatic rings. The number of rotatable bonds is 4. The van der Waals surface area contributed by atoms with E-state index in [2.05, 4.69) is 0 Å². The third kappa shape index (κ3) is 3.22. The van der Waals surface area contributed by atoms with Gasteiger partial charge in [0.2, 0.25) is 0 Å². The number of ketones is 1. The number of hydrogen-bond donors (Lipinski definition) is 1. The van der Waals surface area contributed by atoms with Crippen LogP contribution in [-0.2, 0) is 4.79 Å². The Morgan fingerprint density at radius 2 is 1.73 bits per heavy atom. The predicted octanol–water partition coefficient (Wildman–Crippen LogP) is 1.51. The first-order valence-corrected chi connectivity index (χ1v) is 6.67. The zero-order valence-corrected chi connectivity index (χ0v) is 11.9. The SMILES string of the molecule is CN1CCN(c2c(F)cc(C(=O)CC(=O)O)c(F)c2F)CC1. The summed E-state index contributed by atoms with van der Waals surface area (Å²) in [5.41, 5.74) is -1.40. The van der Waals surface area contributed by atoms with Crippen LogP contribution in [0, 0.1) is 17.5 Å². The van der Waals surface area contributed by atoms with E-state index in [1.807, 2.05) is 11.9 Å². The lowest BCUT2D eigenvalue weighted by atomic mass is 10.1. The molecule has 8 heteroatoms. The topological polar surface area (TPSA) is 60.9 Å². The van der Waals surface area contributed by atoms with Crippen LogP contribution in [0.25, 0.3) is 0 Å². The number of piperazine rings is 1. The van der Waals surface area contributed by atoms with Crippen molar-refractivity contribution in [3.8, 4) is 0 Å². The monoisotopic (exact) mass is 316 g/mol. The molecule has 0 radical (unpaired) electrons. The molecule has 0 amide bonds. The maximum atomic E-state index is 14.1. The Kier molecular flexibility index (Phi) is 4.70. The molecule has 1 aliphatic rings. The number of Topliss-reactive ketones (excluding diaryl/α,β-unsaturated/α-hetero) is 1. The van der Waals surface area contributed by atoms with Gasteiger partial charge in [0.1, 0.15) is 17.9 Å². The van der Waals surface area contributed by atoms with Crippen molar-refractivity contribution in [1.82, 2.24) is 4.90 Å². The van der Waals surface area contributed by atoms with E-state index in [0.29, 0.717) is 32.2 Å². The smallest absolute Gasteiger partial charge is 0.311 e. The number of hydrogen-bond acceptors (Lipinski definition) is 4. The van der Waals surface area contributed by atoms with Crippen LogP contribution < -0.4 is 4.90 Å². The fraction of sp³-hybridized carbons (Fsp3) is 0.429. The summed E-state index contributed by atoms with van der Waals surface area (Å²) in [6.45, 7) is 1.79. The Balaban J connectivity index is 2.36. The van der Waals surface area contributed by atoms with Gasteiger partial charge < -0.3 is 14.9 Å². The highest BCUT2D eigenvalue weighted by Gasteiger charge is 2.28. The van der Waals surface area contributed by atoms with Crippen LogP contribution in [-0.4, -0.2) is 55.0 Å². The minimum Gasteiger partial charge on any atom is -0.481 e. The number of carboxylic acid groups (broad SMARTS) is 1. The molecule has 5 nitrogen and oxygen atoms in total. The average molecular weight is 316 g/mol. The second-order valence-corrected chi connectivity index (χ2v) is 5.17. The molecule has 0 unspecified atom stereocenters. The van der Waals surface area contributed by atoms with E-state index < -0.39 is 46.9 Å². The second-order valence-electron chi connectivity index (χ2n) is 5.17. The highest BCUT2D eigenvalue weighted by molar-refractivity contribution is 6.05. The Labute approximate surface area is 124 Å². The summed E-state index contributed by atoms with van der Waals surface area (Å²) in [7, 11) is 1.86. The largest absolute Gasteiger partial charge is 0.481 e. The summed E-state index contributed by atoms with van der Waals surface area (Å²) in [6, 6.07) is 0.567. The average Bonchev–Trinajstić information content (AvgIpc) is 2.44. The minimum atomic E-state index is -1.51. The van der Waals surface area contributed by atoms with Gasteiger partial charge in [0, 0.05) is 26.2 Å². The van der Waals surface area contributed by atoms with Gasteiger partial charge in [0.05, 0.1) is 5.56 Å². The fourth-order valence-electron chi connectivity index (χ4n) is 2.34. The lowest BCUT2D eigenvalue weighted by molar-refractivity contribution is -0.135. The van der Waals surface area contributed by atoms with Crippen LogP contribution in [0.5, 0.6) is 0 Å². The second kappa shape index (κ2) is 6.35. The number of anilines is 1. The summed E-state index contributed by atoms with van der Waals surface area (Å²) >= 11 is 0. The summed E-state index contributed by atoms with van der Waals surface area (Å²) in [5, 5.41) is 8.51. The zero-order valence-electron chi connectivity index (χ0n) is 11.9. The molecule has 120 valence electrons. The highest BCUT2D eigenvalue weighted by atomic mass is 19.2. The van der Waals surface area contributed by atoms with E-state index >= 15 is 0 Å². The number of halogens is 3. The van der Waals surface area contributed by atoms with Crippen molar-refractivity contribution in [3.63, 3.8) is 0 Å². The van der Waals surface area contributed by atoms with Gasteiger partial charge in [0.25, 0.3) is 0 Å². The van der Waals surface area contributed by atoms with E-state index in [1.54, 1.807) is 0 Å². The van der Waals surface area contributed by atoms with Crippen LogP contribution in [0.4, 0.5) is 18.9 Å². The van der Waals surface area contributed by atoms with Gasteiger partial charge in [-0.2, -0.15) is 0 Å². The maximum Gasteiger partial charge on any atom is 0.311 e. The van der Waals surface area contributed by atoms with Crippen LogP contribution in [0.15, 0.2) is 6.07 Å². The number of carbonyl (C=O) groups excluding carboxylic acids is 1. The van der Waals surface area contributed by atoms with E-state index in [1.165, 1.54) is 4.90 Å². The molecule has 1 N–H and O–H groups in total. The first kappa shape index (κ1) is 16.3. The van der Waals surface area contributed by atoms with Gasteiger partial charge in [-0.1, -0.05) is 0 Å². The predicted molar refractivity (Wildman–Crippen MR) is 72.6 cm³/mol. The standard InChI is InChI=1S/C14H15F3N2O3/c1-18-2-4-19(5-3-18)14-9(15)6-8(12(16)13(14)17)10(20)7-11(21)22/h6H,2-5,7H2,1H3,(H,21,22). The van der Waals surface area contributed by atoms with Crippen LogP contribution in [0.3, 0.4) is 0 Å². The number of nitrogens with zero attached hydrogens (tertiary/aromatic N) is 2. The molecular weight excluding hydrogens is 301 g/mol. The molecule has 1 fully saturated rings. The van der Waals surface area contributed by atoms with Crippen molar-refractivity contribution in [2.45, 2.75) is 6.42 Å². The van der Waals surface area contributed by atoms with Gasteiger partial charge in [-0.3, -0.25) is 9.59 Å². The molecule has 1 aromatic carbocycles. The van der Waals surface area contributed by atoms with Gasteiger partial charge in [0.15, 0.2) is 17.4 Å². The first-order valence-electron chi connectivity index (χ1n) is 6.67. The molecule has 0 bridgehead atoms. The first-order chi connectivity index (χ1) is 10.3. The van der Waals surface area contributed by atoms with Crippen molar-refractivity contribution >= 4 is 17.4 Å². The molecule has 1 saturated heterocycles. The maximum absolute atomic E-state index is 14.1. The quantitative estimate of drug-likeness (QED) is 0.518. The van der Waals surface area contributed by atoms with Crippen LogP contribution in [0.2, 0.25) is 0 Å². The van der Waals surface area contributed by atoms with Gasteiger partial charge >= 0.3 is 5.97 Å². The zero-order chi connectivity index (χ0) is 16.4. The number of aliphatic carboxylic acids is 1. The molecule has 0 saturated carbocycles. The van der Waals surface area contributed by atoms with E-state index in [4.69, 9.17) is 5.11 Å². The molecule has 1 heterocycles. The fourth-order valence-corrected chi connectivity index (χ4v) is 2.34. The summed E-state index contributed by atoms with van der Waals surface area (Å²) in [6.07, 6.45) is -1.02. The van der Waals surface area contributed by atoms with Crippen molar-refractivity contribution in [2.75, 3.05) is 38.1 Å². The number of carbonyl (C=O) groups is 2. The summed E-state index contributed by atoms with van der Waals surface area (Å²) < 4.78 is 42.2. The van der Waals surface area contributed by atoms with Crippen molar-refractivity contribution in [3.05, 3.63) is 29.1 Å². The minimum absolute atomic E-state index is 0.326. The number of likely N-dealkylation sites (N-methyl/N-ethyl adjacent to an activating group) is 1. The Morgan fingerprint density at radius 3 is 2.27 bits per heavy atom. The van der Waals surface area contributed by atoms with Crippen LogP contribution >= 0.6 is 0 Å². The Bertz CT molecular complexity index is 614. The summed E-state index contributed by atoms with van der Waals surface area (Å²) in [5.74, 6) is -6.71. The molecule has 0 aliphatic carbocycles. The van der Waals surface area contributed by atoms with Crippen molar-refractivity contribution < 1.29 is 27.9 Å². The third-order valence-corrected chi connectivity index (χ3v) is 3.57. The molecule has 22 heavy (non-hydrogen) atoms.